The van der Waals surface area contributed by atoms with E-state index < -0.39 is 0 Å². The van der Waals surface area contributed by atoms with Crippen LogP contribution in [0, 0.1) is 0 Å². The Bertz CT molecular complexity index is 4310. The summed E-state index contributed by atoms with van der Waals surface area (Å²) in [6.45, 7) is 9.37. The van der Waals surface area contributed by atoms with E-state index in [2.05, 4.69) is 241 Å². The summed E-state index contributed by atoms with van der Waals surface area (Å²) >= 11 is 0. The van der Waals surface area contributed by atoms with E-state index in [4.69, 9.17) is 28.4 Å². The van der Waals surface area contributed by atoms with E-state index in [-0.39, 0.29) is 10.8 Å². The van der Waals surface area contributed by atoms with E-state index in [1.54, 1.807) is 42.7 Å². The van der Waals surface area contributed by atoms with Crippen LogP contribution in [0.5, 0.6) is 34.5 Å². The Hall–Kier alpha value is -11.4. The second-order valence-electron chi connectivity index (χ2n) is 24.8. The Morgan fingerprint density at radius 3 is 0.500 bits per heavy atom. The smallest absolute Gasteiger partial charge is 0.119 e. The number of ether oxygens (including phenoxy) is 6. The Labute approximate surface area is 551 Å². The van der Waals surface area contributed by atoms with Gasteiger partial charge in [0.25, 0.3) is 0 Å². The molecule has 12 aromatic rings. The SMILES string of the molecule is COc1ccc(N(c2ccc(OC)cc2)c2ccc3c(c2)C(C)(C)c2cc(N(c4ccc(OC)cc4)c4ccc(-c5ccc(N(c6ccc(OC)cc6)c6ccc7c(c6)C(C)(C)c6cc(N(c8ccc(OC)cc8)c8ccc(OC)cc8)ccc6-7)cc5)cc4)ccc2-3)cc1. The first kappa shape index (κ1) is 60.2. The molecule has 0 radical (unpaired) electrons. The maximum atomic E-state index is 5.67. The fourth-order valence-electron chi connectivity index (χ4n) is 13.8. The number of methoxy groups -OCH3 is 6. The van der Waals surface area contributed by atoms with Crippen LogP contribution in [0.25, 0.3) is 33.4 Å². The fraction of sp³-hybridized carbons (Fsp3) is 0.143. The van der Waals surface area contributed by atoms with Gasteiger partial charge in [0.05, 0.1) is 42.7 Å². The summed E-state index contributed by atoms with van der Waals surface area (Å²) in [5.74, 6) is 4.82. The molecule has 0 atom stereocenters. The van der Waals surface area contributed by atoms with Gasteiger partial charge >= 0.3 is 0 Å². The Kier molecular flexibility index (Phi) is 15.8. The standard InChI is InChI=1S/C84H74N4O6/c1-83(2)79-51-65(31-47-75(79)77-49-33-67(53-81(77)83)87(61-23-39-71(91-7)40-24-61)62-25-41-72(92-8)42-26-62)85(59-19-35-69(89-5)36-20-59)57-15-11-55(12-16-57)56-13-17-58(18-14-56)86(60-21-37-70(90-6)38-22-60)66-32-48-76-78-50-34-68(54-82(78)84(3,4)80(76)52-66)88(63-27-43-73(93-9)44-28-63)64-29-45-74(94-10)46-30-64/h11-54H,1-10H3. The van der Waals surface area contributed by atoms with Gasteiger partial charge in [-0.1, -0.05) is 76.2 Å². The van der Waals surface area contributed by atoms with Crippen molar-refractivity contribution >= 4 is 68.2 Å². The van der Waals surface area contributed by atoms with Gasteiger partial charge in [0.2, 0.25) is 0 Å². The van der Waals surface area contributed by atoms with E-state index in [0.29, 0.717) is 0 Å². The number of nitrogens with zero attached hydrogens (tertiary/aromatic N) is 4. The number of hydrogen-bond donors (Lipinski definition) is 0. The van der Waals surface area contributed by atoms with Crippen LogP contribution >= 0.6 is 0 Å². The quantitative estimate of drug-likeness (QED) is 0.0782. The molecular weight excluding hydrogens is 1160 g/mol. The lowest BCUT2D eigenvalue weighted by atomic mass is 9.82. The molecule has 10 nitrogen and oxygen atoms in total. The van der Waals surface area contributed by atoms with Crippen LogP contribution in [0.15, 0.2) is 267 Å². The Balaban J connectivity index is 0.769. The molecule has 0 saturated carbocycles. The highest BCUT2D eigenvalue weighted by molar-refractivity contribution is 5.91. The zero-order valence-corrected chi connectivity index (χ0v) is 54.6. The molecule has 2 aliphatic rings. The predicted molar refractivity (Wildman–Crippen MR) is 385 cm³/mol. The minimum absolute atomic E-state index is 0.332. The number of anilines is 12. The minimum Gasteiger partial charge on any atom is -0.497 e. The van der Waals surface area contributed by atoms with Crippen LogP contribution in [0.3, 0.4) is 0 Å². The molecule has 12 aromatic carbocycles. The average Bonchev–Trinajstić information content (AvgIpc) is 1.57. The van der Waals surface area contributed by atoms with Crippen molar-refractivity contribution in [3.05, 3.63) is 289 Å². The first-order valence-corrected chi connectivity index (χ1v) is 31.6. The third kappa shape index (κ3) is 10.9. The molecule has 0 aliphatic heterocycles. The van der Waals surface area contributed by atoms with E-state index >= 15 is 0 Å². The molecule has 0 amide bonds. The maximum Gasteiger partial charge on any atom is 0.119 e. The summed E-state index contributed by atoms with van der Waals surface area (Å²) < 4.78 is 33.6. The number of hydrogen-bond acceptors (Lipinski definition) is 10. The maximum absolute atomic E-state index is 5.67. The molecule has 14 rings (SSSR count). The molecule has 0 N–H and O–H groups in total. The highest BCUT2D eigenvalue weighted by Gasteiger charge is 2.39. The Morgan fingerprint density at radius 2 is 0.340 bits per heavy atom. The van der Waals surface area contributed by atoms with Crippen molar-refractivity contribution in [2.45, 2.75) is 38.5 Å². The lowest BCUT2D eigenvalue weighted by Crippen LogP contribution is -2.17. The average molecular weight is 1240 g/mol. The monoisotopic (exact) mass is 1230 g/mol. The van der Waals surface area contributed by atoms with Gasteiger partial charge in [-0.15, -0.1) is 0 Å². The van der Waals surface area contributed by atoms with Crippen LogP contribution < -0.4 is 48.0 Å². The highest BCUT2D eigenvalue weighted by atomic mass is 16.5. The van der Waals surface area contributed by atoms with Crippen molar-refractivity contribution in [3.63, 3.8) is 0 Å². The van der Waals surface area contributed by atoms with Crippen LogP contribution in [0.1, 0.15) is 49.9 Å². The first-order chi connectivity index (χ1) is 45.8. The summed E-state index contributed by atoms with van der Waals surface area (Å²) in [6, 6.07) is 95.0. The lowest BCUT2D eigenvalue weighted by molar-refractivity contribution is 0.414. The summed E-state index contributed by atoms with van der Waals surface area (Å²) in [4.78, 5) is 9.26. The number of benzene rings is 12. The predicted octanol–water partition coefficient (Wildman–Crippen LogP) is 21.9. The first-order valence-electron chi connectivity index (χ1n) is 31.6. The van der Waals surface area contributed by atoms with Gasteiger partial charge in [0.1, 0.15) is 34.5 Å². The van der Waals surface area contributed by atoms with Crippen molar-refractivity contribution < 1.29 is 28.4 Å². The van der Waals surface area contributed by atoms with Gasteiger partial charge in [-0.25, -0.2) is 0 Å². The van der Waals surface area contributed by atoms with E-state index in [9.17, 15) is 0 Å². The summed E-state index contributed by atoms with van der Waals surface area (Å²) in [5.41, 5.74) is 24.0. The van der Waals surface area contributed by atoms with Crippen LogP contribution in [-0.4, -0.2) is 42.7 Å². The molecule has 0 unspecified atom stereocenters. The van der Waals surface area contributed by atoms with Crippen molar-refractivity contribution in [3.8, 4) is 67.9 Å². The molecule has 466 valence electrons. The molecule has 0 saturated heterocycles. The van der Waals surface area contributed by atoms with Crippen molar-refractivity contribution in [2.24, 2.45) is 0 Å². The van der Waals surface area contributed by atoms with Gasteiger partial charge < -0.3 is 48.0 Å². The second kappa shape index (κ2) is 24.7. The zero-order valence-electron chi connectivity index (χ0n) is 54.6. The third-order valence-electron chi connectivity index (χ3n) is 18.9. The van der Waals surface area contributed by atoms with E-state index in [1.165, 1.54) is 44.5 Å². The molecule has 0 fully saturated rings. The topological polar surface area (TPSA) is 68.3 Å². The molecule has 94 heavy (non-hydrogen) atoms. The molecule has 2 aliphatic carbocycles. The highest BCUT2D eigenvalue weighted by Crippen LogP contribution is 2.55. The molecule has 0 heterocycles. The van der Waals surface area contributed by atoms with Gasteiger partial charge in [-0.05, 0) is 274 Å². The summed E-state index contributed by atoms with van der Waals surface area (Å²) in [5, 5.41) is 0. The van der Waals surface area contributed by atoms with Crippen LogP contribution in [0.2, 0.25) is 0 Å². The Morgan fingerprint density at radius 1 is 0.191 bits per heavy atom. The fourth-order valence-corrected chi connectivity index (χ4v) is 13.8. The van der Waals surface area contributed by atoms with Gasteiger partial charge in [0.15, 0.2) is 0 Å². The second-order valence-corrected chi connectivity index (χ2v) is 24.8. The normalized spacial score (nSPS) is 12.7. The van der Waals surface area contributed by atoms with Crippen molar-refractivity contribution in [2.75, 3.05) is 62.3 Å². The van der Waals surface area contributed by atoms with Gasteiger partial charge in [-0.3, -0.25) is 0 Å². The van der Waals surface area contributed by atoms with Gasteiger partial charge in [-0.2, -0.15) is 0 Å². The van der Waals surface area contributed by atoms with Crippen molar-refractivity contribution in [1.29, 1.82) is 0 Å². The molecule has 0 aromatic heterocycles. The number of rotatable bonds is 19. The van der Waals surface area contributed by atoms with Crippen LogP contribution in [-0.2, 0) is 10.8 Å². The van der Waals surface area contributed by atoms with Crippen LogP contribution in [0.4, 0.5) is 68.2 Å². The molecule has 0 spiro atoms. The summed E-state index contributed by atoms with van der Waals surface area (Å²) in [6.07, 6.45) is 0. The molecule has 10 heteroatoms. The lowest BCUT2D eigenvalue weighted by Gasteiger charge is -2.29. The largest absolute Gasteiger partial charge is 0.497 e. The van der Waals surface area contributed by atoms with E-state index in [1.807, 2.05) is 72.8 Å². The molecular formula is C84H74N4O6. The van der Waals surface area contributed by atoms with Gasteiger partial charge in [0, 0.05) is 79.1 Å². The minimum atomic E-state index is -0.332. The number of fused-ring (bicyclic) bond motifs is 6. The third-order valence-corrected chi connectivity index (χ3v) is 18.9. The van der Waals surface area contributed by atoms with Crippen molar-refractivity contribution in [1.82, 2.24) is 0 Å². The zero-order chi connectivity index (χ0) is 64.8. The van der Waals surface area contributed by atoms with E-state index in [0.717, 1.165) is 114 Å². The molecule has 0 bridgehead atoms. The summed E-state index contributed by atoms with van der Waals surface area (Å²) in [7, 11) is 10.2.